The molecular formula is C24H52P. The van der Waals surface area contributed by atoms with Crippen LogP contribution in [0.4, 0.5) is 0 Å². The standard InChI is InChI=1S/C24H52P/c1-5-9-13-14-15-16-17-18-19-20-24-25(21-10-6-2,22-11-7-3)23-12-8-4/h5-24H2,1-4H3. The molecule has 0 bridgehead atoms. The van der Waals surface area contributed by atoms with Gasteiger partial charge in [0.05, 0.1) is 0 Å². The van der Waals surface area contributed by atoms with Crippen LogP contribution in [0.2, 0.25) is 0 Å². The maximum atomic E-state index is 2.38. The zero-order chi connectivity index (χ0) is 18.6. The monoisotopic (exact) mass is 371 g/mol. The second-order valence-electron chi connectivity index (χ2n) is 8.48. The molecule has 0 aromatic carbocycles. The first kappa shape index (κ1) is 25.4. The normalized spacial score (nSPS) is 12.0. The van der Waals surface area contributed by atoms with Crippen LogP contribution in [0.3, 0.4) is 0 Å². The number of rotatable bonds is 20. The van der Waals surface area contributed by atoms with Crippen LogP contribution in [0.15, 0.2) is 0 Å². The van der Waals surface area contributed by atoms with Crippen LogP contribution in [-0.2, 0) is 0 Å². The Morgan fingerprint density at radius 2 is 0.600 bits per heavy atom. The van der Waals surface area contributed by atoms with E-state index < -0.39 is 7.26 Å². The van der Waals surface area contributed by atoms with Crippen LogP contribution in [0.25, 0.3) is 0 Å². The van der Waals surface area contributed by atoms with E-state index >= 15 is 0 Å². The average Bonchev–Trinajstić information content (AvgIpc) is 2.64. The SMILES string of the molecule is CCCCCCCCCCCC[P](CCCC)(CCCC)CCCC. The second-order valence-corrected chi connectivity index (χ2v) is 13.0. The van der Waals surface area contributed by atoms with Crippen molar-refractivity contribution in [1.82, 2.24) is 0 Å². The van der Waals surface area contributed by atoms with Crippen molar-refractivity contribution in [2.75, 3.05) is 24.6 Å². The molecular weight excluding hydrogens is 319 g/mol. The number of hydrogen-bond acceptors (Lipinski definition) is 0. The Hall–Kier alpha value is 0.430. The maximum Gasteiger partial charge on any atom is -0.0359 e. The minimum Gasteiger partial charge on any atom is -0.125 e. The van der Waals surface area contributed by atoms with Gasteiger partial charge in [-0.25, -0.2) is 0 Å². The van der Waals surface area contributed by atoms with Gasteiger partial charge in [-0.3, -0.25) is 0 Å². The summed E-state index contributed by atoms with van der Waals surface area (Å²) in [6.07, 6.45) is 30.0. The fourth-order valence-corrected chi connectivity index (χ4v) is 9.28. The average molecular weight is 372 g/mol. The van der Waals surface area contributed by atoms with Crippen molar-refractivity contribution in [1.29, 1.82) is 0 Å². The second kappa shape index (κ2) is 19.2. The Kier molecular flexibility index (Phi) is 19.5. The summed E-state index contributed by atoms with van der Waals surface area (Å²) >= 11 is 0. The van der Waals surface area contributed by atoms with Crippen LogP contribution < -0.4 is 0 Å². The Balaban J connectivity index is 4.01. The molecule has 0 heterocycles. The molecule has 0 amide bonds. The fourth-order valence-electron chi connectivity index (χ4n) is 4.09. The van der Waals surface area contributed by atoms with Crippen molar-refractivity contribution in [3.05, 3.63) is 0 Å². The molecule has 0 saturated heterocycles. The lowest BCUT2D eigenvalue weighted by Gasteiger charge is -2.37. The first-order chi connectivity index (χ1) is 12.2. The van der Waals surface area contributed by atoms with Gasteiger partial charge in [-0.05, 0) is 50.3 Å². The smallest absolute Gasteiger partial charge is 0.0359 e. The summed E-state index contributed by atoms with van der Waals surface area (Å²) in [4.78, 5) is 0. The van der Waals surface area contributed by atoms with Gasteiger partial charge >= 0.3 is 0 Å². The Labute approximate surface area is 162 Å². The zero-order valence-corrected chi connectivity index (χ0v) is 19.5. The molecule has 0 rings (SSSR count). The molecule has 0 aromatic rings. The first-order valence-corrected chi connectivity index (χ1v) is 14.6. The molecule has 0 nitrogen and oxygen atoms in total. The minimum atomic E-state index is -0.620. The Morgan fingerprint density at radius 3 is 0.960 bits per heavy atom. The third kappa shape index (κ3) is 15.2. The zero-order valence-electron chi connectivity index (χ0n) is 18.6. The van der Waals surface area contributed by atoms with Gasteiger partial charge in [0.2, 0.25) is 0 Å². The Morgan fingerprint density at radius 1 is 0.320 bits per heavy atom. The van der Waals surface area contributed by atoms with E-state index in [-0.39, 0.29) is 0 Å². The molecule has 0 atom stereocenters. The highest BCUT2D eigenvalue weighted by molar-refractivity contribution is 7.75. The summed E-state index contributed by atoms with van der Waals surface area (Å²) in [5.74, 6) is 0. The fraction of sp³-hybridized carbons (Fsp3) is 1.00. The lowest BCUT2D eigenvalue weighted by Crippen LogP contribution is -2.13. The van der Waals surface area contributed by atoms with Crippen LogP contribution in [-0.4, -0.2) is 24.6 Å². The maximum absolute atomic E-state index is 2.38. The third-order valence-corrected chi connectivity index (χ3v) is 11.0. The van der Waals surface area contributed by atoms with E-state index in [1.54, 1.807) is 31.1 Å². The van der Waals surface area contributed by atoms with Gasteiger partial charge in [0.1, 0.15) is 0 Å². The molecule has 1 heteroatoms. The molecule has 0 aliphatic carbocycles. The molecule has 0 unspecified atom stereocenters. The topological polar surface area (TPSA) is 0 Å². The molecule has 1 radical (unpaired) electrons. The van der Waals surface area contributed by atoms with Crippen molar-refractivity contribution in [2.24, 2.45) is 0 Å². The van der Waals surface area contributed by atoms with Crippen molar-refractivity contribution in [2.45, 2.75) is 130 Å². The lowest BCUT2D eigenvalue weighted by molar-refractivity contribution is 0.562. The molecule has 0 aliphatic rings. The minimum absolute atomic E-state index is 0.620. The molecule has 0 N–H and O–H groups in total. The van der Waals surface area contributed by atoms with E-state index in [9.17, 15) is 0 Å². The quantitative estimate of drug-likeness (QED) is 0.148. The summed E-state index contributed by atoms with van der Waals surface area (Å²) in [6.45, 7) is 9.46. The molecule has 0 saturated carbocycles. The highest BCUT2D eigenvalue weighted by atomic mass is 31.2. The van der Waals surface area contributed by atoms with E-state index in [4.69, 9.17) is 0 Å². The van der Waals surface area contributed by atoms with Crippen molar-refractivity contribution in [3.8, 4) is 0 Å². The Bertz CT molecular complexity index is 227. The van der Waals surface area contributed by atoms with Gasteiger partial charge in [0, 0.05) is 0 Å². The van der Waals surface area contributed by atoms with Crippen molar-refractivity contribution < 1.29 is 0 Å². The van der Waals surface area contributed by atoms with E-state index in [0.29, 0.717) is 0 Å². The van der Waals surface area contributed by atoms with Gasteiger partial charge in [0.15, 0.2) is 0 Å². The number of unbranched alkanes of at least 4 members (excludes halogenated alkanes) is 12. The predicted octanol–water partition coefficient (Wildman–Crippen LogP) is 9.33. The van der Waals surface area contributed by atoms with E-state index in [0.717, 1.165) is 0 Å². The molecule has 0 spiro atoms. The predicted molar refractivity (Wildman–Crippen MR) is 123 cm³/mol. The molecule has 0 fully saturated rings. The van der Waals surface area contributed by atoms with Gasteiger partial charge < -0.3 is 0 Å². The molecule has 0 aliphatic heterocycles. The molecule has 153 valence electrons. The van der Waals surface area contributed by atoms with Gasteiger partial charge in [-0.2, -0.15) is 0 Å². The molecule has 25 heavy (non-hydrogen) atoms. The third-order valence-electron chi connectivity index (χ3n) is 5.94. The summed E-state index contributed by atoms with van der Waals surface area (Å²) < 4.78 is 0. The van der Waals surface area contributed by atoms with Gasteiger partial charge in [-0.15, -0.1) is 7.26 Å². The van der Waals surface area contributed by atoms with E-state index in [1.165, 1.54) is 96.3 Å². The van der Waals surface area contributed by atoms with Gasteiger partial charge in [-0.1, -0.05) is 105 Å². The summed E-state index contributed by atoms with van der Waals surface area (Å²) in [5.41, 5.74) is 0. The number of hydrogen-bond donors (Lipinski definition) is 0. The summed E-state index contributed by atoms with van der Waals surface area (Å²) in [6, 6.07) is 0. The van der Waals surface area contributed by atoms with Crippen molar-refractivity contribution in [3.63, 3.8) is 0 Å². The van der Waals surface area contributed by atoms with Crippen LogP contribution in [0.1, 0.15) is 130 Å². The van der Waals surface area contributed by atoms with E-state index in [2.05, 4.69) is 27.7 Å². The van der Waals surface area contributed by atoms with Crippen molar-refractivity contribution >= 4 is 7.26 Å². The first-order valence-electron chi connectivity index (χ1n) is 12.1. The van der Waals surface area contributed by atoms with Crippen LogP contribution >= 0.6 is 7.26 Å². The van der Waals surface area contributed by atoms with Gasteiger partial charge in [0.25, 0.3) is 0 Å². The van der Waals surface area contributed by atoms with Crippen LogP contribution in [0, 0.1) is 0 Å². The largest absolute Gasteiger partial charge is 0.125 e. The van der Waals surface area contributed by atoms with Crippen LogP contribution in [0.5, 0.6) is 0 Å². The van der Waals surface area contributed by atoms with E-state index in [1.807, 2.05) is 0 Å². The lowest BCUT2D eigenvalue weighted by atomic mass is 10.1. The highest BCUT2D eigenvalue weighted by Gasteiger charge is 2.24. The highest BCUT2D eigenvalue weighted by Crippen LogP contribution is 2.61. The summed E-state index contributed by atoms with van der Waals surface area (Å²) in [7, 11) is -0.620. The summed E-state index contributed by atoms with van der Waals surface area (Å²) in [5, 5.41) is 0. The molecule has 0 aromatic heterocycles.